The standard InChI is InChI=1S/C12H14N4OS/c13-12-15-14-11(18-12)9-3-1-2-4-10(9)16-5-7-17-8-6-16/h1-4H,5-8H2,(H2,13,15). The number of nitrogens with two attached hydrogens (primary N) is 1. The van der Waals surface area contributed by atoms with E-state index in [2.05, 4.69) is 27.2 Å². The maximum Gasteiger partial charge on any atom is 0.203 e. The molecule has 1 aliphatic heterocycles. The second kappa shape index (κ2) is 4.91. The molecule has 0 radical (unpaired) electrons. The van der Waals surface area contributed by atoms with Gasteiger partial charge in [-0.05, 0) is 12.1 Å². The van der Waals surface area contributed by atoms with Gasteiger partial charge >= 0.3 is 0 Å². The van der Waals surface area contributed by atoms with Gasteiger partial charge in [0.05, 0.1) is 13.2 Å². The highest BCUT2D eigenvalue weighted by molar-refractivity contribution is 7.18. The van der Waals surface area contributed by atoms with Gasteiger partial charge in [0.2, 0.25) is 5.13 Å². The molecule has 0 atom stereocenters. The van der Waals surface area contributed by atoms with Crippen LogP contribution in [0.1, 0.15) is 0 Å². The topological polar surface area (TPSA) is 64.3 Å². The molecule has 3 rings (SSSR count). The first-order chi connectivity index (χ1) is 8.84. The van der Waals surface area contributed by atoms with E-state index in [1.807, 2.05) is 12.1 Å². The summed E-state index contributed by atoms with van der Waals surface area (Å²) >= 11 is 1.42. The van der Waals surface area contributed by atoms with E-state index in [1.54, 1.807) is 0 Å². The van der Waals surface area contributed by atoms with Crippen LogP contribution in [-0.2, 0) is 4.74 Å². The zero-order valence-corrected chi connectivity index (χ0v) is 10.7. The molecule has 0 unspecified atom stereocenters. The van der Waals surface area contributed by atoms with E-state index in [-0.39, 0.29) is 0 Å². The highest BCUT2D eigenvalue weighted by Gasteiger charge is 2.17. The van der Waals surface area contributed by atoms with Crippen LogP contribution in [0.2, 0.25) is 0 Å². The van der Waals surface area contributed by atoms with E-state index in [1.165, 1.54) is 17.0 Å². The number of benzene rings is 1. The van der Waals surface area contributed by atoms with Crippen LogP contribution in [0.4, 0.5) is 10.8 Å². The normalized spacial score (nSPS) is 15.9. The van der Waals surface area contributed by atoms with Crippen LogP contribution in [0.5, 0.6) is 0 Å². The number of anilines is 2. The van der Waals surface area contributed by atoms with Gasteiger partial charge in [-0.15, -0.1) is 10.2 Å². The van der Waals surface area contributed by atoms with Crippen LogP contribution < -0.4 is 10.6 Å². The molecule has 1 aromatic heterocycles. The lowest BCUT2D eigenvalue weighted by Crippen LogP contribution is -2.36. The second-order valence-electron chi connectivity index (χ2n) is 4.06. The van der Waals surface area contributed by atoms with Gasteiger partial charge in [-0.3, -0.25) is 0 Å². The summed E-state index contributed by atoms with van der Waals surface area (Å²) in [4.78, 5) is 2.32. The van der Waals surface area contributed by atoms with Gasteiger partial charge in [-0.25, -0.2) is 0 Å². The van der Waals surface area contributed by atoms with Crippen LogP contribution in [0.15, 0.2) is 24.3 Å². The molecule has 2 N–H and O–H groups in total. The number of para-hydroxylation sites is 1. The predicted octanol–water partition coefficient (Wildman–Crippen LogP) is 1.62. The van der Waals surface area contributed by atoms with E-state index < -0.39 is 0 Å². The minimum Gasteiger partial charge on any atom is -0.378 e. The van der Waals surface area contributed by atoms with Crippen LogP contribution in [0, 0.1) is 0 Å². The highest BCUT2D eigenvalue weighted by atomic mass is 32.1. The SMILES string of the molecule is Nc1nnc(-c2ccccc2N2CCOCC2)s1. The van der Waals surface area contributed by atoms with Crippen molar-refractivity contribution in [2.45, 2.75) is 0 Å². The van der Waals surface area contributed by atoms with Gasteiger partial charge in [0.25, 0.3) is 0 Å². The molecule has 1 aliphatic rings. The summed E-state index contributed by atoms with van der Waals surface area (Å²) in [7, 11) is 0. The summed E-state index contributed by atoms with van der Waals surface area (Å²) < 4.78 is 5.38. The van der Waals surface area contributed by atoms with E-state index >= 15 is 0 Å². The zero-order chi connectivity index (χ0) is 12.4. The summed E-state index contributed by atoms with van der Waals surface area (Å²) in [5.74, 6) is 0. The molecule has 1 fully saturated rings. The third-order valence-electron chi connectivity index (χ3n) is 2.93. The Balaban J connectivity index is 1.99. The van der Waals surface area contributed by atoms with Crippen molar-refractivity contribution < 1.29 is 4.74 Å². The summed E-state index contributed by atoms with van der Waals surface area (Å²) in [6, 6.07) is 8.22. The van der Waals surface area contributed by atoms with Gasteiger partial charge < -0.3 is 15.4 Å². The number of morpholine rings is 1. The minimum atomic E-state index is 0.502. The molecular formula is C12H14N4OS. The molecule has 5 nitrogen and oxygen atoms in total. The van der Waals surface area contributed by atoms with Gasteiger partial charge in [-0.1, -0.05) is 23.5 Å². The minimum absolute atomic E-state index is 0.502. The molecule has 1 aromatic carbocycles. The highest BCUT2D eigenvalue weighted by Crippen LogP contribution is 2.33. The Morgan fingerprint density at radius 1 is 1.17 bits per heavy atom. The molecule has 18 heavy (non-hydrogen) atoms. The molecule has 6 heteroatoms. The molecule has 94 valence electrons. The van der Waals surface area contributed by atoms with Gasteiger partial charge in [0, 0.05) is 24.3 Å². The lowest BCUT2D eigenvalue weighted by atomic mass is 10.1. The molecule has 2 heterocycles. The van der Waals surface area contributed by atoms with Crippen LogP contribution >= 0.6 is 11.3 Å². The molecule has 0 bridgehead atoms. The maximum atomic E-state index is 5.66. The largest absolute Gasteiger partial charge is 0.378 e. The van der Waals surface area contributed by atoms with Crippen molar-refractivity contribution >= 4 is 22.2 Å². The fourth-order valence-electron chi connectivity index (χ4n) is 2.08. The van der Waals surface area contributed by atoms with Crippen molar-refractivity contribution in [3.8, 4) is 10.6 Å². The number of hydrogen-bond donors (Lipinski definition) is 1. The quantitative estimate of drug-likeness (QED) is 0.891. The van der Waals surface area contributed by atoms with E-state index in [0.717, 1.165) is 36.9 Å². The van der Waals surface area contributed by atoms with Crippen molar-refractivity contribution in [3.05, 3.63) is 24.3 Å². The first kappa shape index (κ1) is 11.4. The zero-order valence-electron chi connectivity index (χ0n) is 9.87. The third-order valence-corrected chi connectivity index (χ3v) is 3.71. The number of ether oxygens (including phenoxy) is 1. The lowest BCUT2D eigenvalue weighted by molar-refractivity contribution is 0.123. The maximum absolute atomic E-state index is 5.66. The molecule has 1 saturated heterocycles. The monoisotopic (exact) mass is 262 g/mol. The molecular weight excluding hydrogens is 248 g/mol. The summed E-state index contributed by atoms with van der Waals surface area (Å²) in [6.45, 7) is 3.36. The van der Waals surface area contributed by atoms with Crippen LogP contribution in [-0.4, -0.2) is 36.5 Å². The van der Waals surface area contributed by atoms with E-state index in [0.29, 0.717) is 5.13 Å². The summed E-state index contributed by atoms with van der Waals surface area (Å²) in [5.41, 5.74) is 7.92. The van der Waals surface area contributed by atoms with Gasteiger partial charge in [0.1, 0.15) is 0 Å². The Kier molecular flexibility index (Phi) is 3.12. The number of rotatable bonds is 2. The smallest absolute Gasteiger partial charge is 0.203 e. The number of nitrogens with zero attached hydrogens (tertiary/aromatic N) is 3. The average molecular weight is 262 g/mol. The first-order valence-electron chi connectivity index (χ1n) is 5.85. The Labute approximate surface area is 109 Å². The third kappa shape index (κ3) is 2.16. The Hall–Kier alpha value is -1.66. The number of aromatic nitrogens is 2. The molecule has 2 aromatic rings. The number of hydrogen-bond acceptors (Lipinski definition) is 6. The van der Waals surface area contributed by atoms with Crippen LogP contribution in [0.25, 0.3) is 10.6 Å². The van der Waals surface area contributed by atoms with Crippen molar-refractivity contribution in [1.82, 2.24) is 10.2 Å². The van der Waals surface area contributed by atoms with E-state index in [4.69, 9.17) is 10.5 Å². The van der Waals surface area contributed by atoms with Crippen LogP contribution in [0.3, 0.4) is 0 Å². The Morgan fingerprint density at radius 2 is 1.94 bits per heavy atom. The lowest BCUT2D eigenvalue weighted by Gasteiger charge is -2.30. The van der Waals surface area contributed by atoms with Gasteiger partial charge in [0.15, 0.2) is 5.01 Å². The second-order valence-corrected chi connectivity index (χ2v) is 5.07. The predicted molar refractivity (Wildman–Crippen MR) is 72.8 cm³/mol. The molecule has 0 spiro atoms. The molecule has 0 amide bonds. The van der Waals surface area contributed by atoms with Gasteiger partial charge in [-0.2, -0.15) is 0 Å². The molecule has 0 saturated carbocycles. The van der Waals surface area contributed by atoms with E-state index in [9.17, 15) is 0 Å². The summed E-state index contributed by atoms with van der Waals surface area (Å²) in [5, 5.41) is 9.38. The summed E-state index contributed by atoms with van der Waals surface area (Å²) in [6.07, 6.45) is 0. The van der Waals surface area contributed by atoms with Crippen molar-refractivity contribution in [2.75, 3.05) is 36.9 Å². The number of nitrogen functional groups attached to an aromatic ring is 1. The molecule has 0 aliphatic carbocycles. The average Bonchev–Trinajstić information content (AvgIpc) is 2.86. The Bertz CT molecular complexity index is 536. The van der Waals surface area contributed by atoms with Crippen molar-refractivity contribution in [1.29, 1.82) is 0 Å². The Morgan fingerprint density at radius 3 is 2.67 bits per heavy atom. The van der Waals surface area contributed by atoms with Crippen molar-refractivity contribution in [2.24, 2.45) is 0 Å². The fourth-order valence-corrected chi connectivity index (χ4v) is 2.72. The first-order valence-corrected chi connectivity index (χ1v) is 6.67. The van der Waals surface area contributed by atoms with Crippen molar-refractivity contribution in [3.63, 3.8) is 0 Å². The fraction of sp³-hybridized carbons (Fsp3) is 0.333.